The molecule has 0 N–H and O–H groups in total. The Morgan fingerprint density at radius 2 is 2.16 bits per heavy atom. The predicted octanol–water partition coefficient (Wildman–Crippen LogP) is 3.60. The van der Waals surface area contributed by atoms with E-state index in [0.717, 1.165) is 37.1 Å². The quantitative estimate of drug-likeness (QED) is 0.837. The van der Waals surface area contributed by atoms with Crippen molar-refractivity contribution in [1.29, 1.82) is 0 Å². The van der Waals surface area contributed by atoms with E-state index in [1.807, 2.05) is 19.2 Å². The van der Waals surface area contributed by atoms with Gasteiger partial charge in [-0.15, -0.1) is 0 Å². The van der Waals surface area contributed by atoms with E-state index >= 15 is 0 Å². The highest BCUT2D eigenvalue weighted by Gasteiger charge is 2.21. The molecule has 1 heterocycles. The van der Waals surface area contributed by atoms with Crippen LogP contribution in [-0.4, -0.2) is 37.6 Å². The summed E-state index contributed by atoms with van der Waals surface area (Å²) in [5.41, 5.74) is 0.547. The van der Waals surface area contributed by atoms with Gasteiger partial charge in [-0.3, -0.25) is 4.79 Å². The van der Waals surface area contributed by atoms with E-state index in [4.69, 9.17) is 16.3 Å². The third-order valence-electron chi connectivity index (χ3n) is 3.40. The Balaban J connectivity index is 2.03. The molecule has 0 aromatic heterocycles. The Morgan fingerprint density at radius 1 is 1.47 bits per heavy atom. The Morgan fingerprint density at radius 3 is 2.84 bits per heavy atom. The van der Waals surface area contributed by atoms with E-state index in [-0.39, 0.29) is 5.91 Å². The highest BCUT2D eigenvalue weighted by Crippen LogP contribution is 2.27. The van der Waals surface area contributed by atoms with Crippen molar-refractivity contribution in [3.63, 3.8) is 0 Å². The van der Waals surface area contributed by atoms with Gasteiger partial charge in [0.15, 0.2) is 0 Å². The van der Waals surface area contributed by atoms with Crippen molar-refractivity contribution in [2.75, 3.05) is 26.8 Å². The molecule has 0 unspecified atom stereocenters. The van der Waals surface area contributed by atoms with Gasteiger partial charge in [-0.2, -0.15) is 0 Å². The number of hydrogen-bond acceptors (Lipinski definition) is 2. The number of benzene rings is 1. The molecular formula is C14H17BrClNO2. The number of ether oxygens (including phenoxy) is 1. The van der Waals surface area contributed by atoms with Crippen LogP contribution < -0.4 is 0 Å². The molecule has 0 saturated carbocycles. The minimum absolute atomic E-state index is 0.0298. The molecule has 0 radical (unpaired) electrons. The molecule has 3 nitrogen and oxygen atoms in total. The Bertz CT molecular complexity index is 461. The first-order chi connectivity index (χ1) is 9.09. The monoisotopic (exact) mass is 345 g/mol. The van der Waals surface area contributed by atoms with Crippen LogP contribution in [0.2, 0.25) is 5.02 Å². The van der Waals surface area contributed by atoms with Gasteiger partial charge in [0.2, 0.25) is 0 Å². The molecule has 0 spiro atoms. The summed E-state index contributed by atoms with van der Waals surface area (Å²) in [4.78, 5) is 14.1. The fraction of sp³-hybridized carbons (Fsp3) is 0.500. The number of carbonyl (C=O) groups is 1. The van der Waals surface area contributed by atoms with Crippen LogP contribution in [0.15, 0.2) is 22.7 Å². The van der Waals surface area contributed by atoms with Crippen LogP contribution >= 0.6 is 27.5 Å². The lowest BCUT2D eigenvalue weighted by Gasteiger charge is -2.27. The molecule has 1 aliphatic heterocycles. The van der Waals surface area contributed by atoms with Crippen LogP contribution in [0.1, 0.15) is 23.2 Å². The van der Waals surface area contributed by atoms with E-state index in [1.54, 1.807) is 11.0 Å². The average Bonchev–Trinajstić information content (AvgIpc) is 2.42. The first kappa shape index (κ1) is 14.8. The minimum atomic E-state index is -0.0298. The Kier molecular flexibility index (Phi) is 5.25. The van der Waals surface area contributed by atoms with Crippen molar-refractivity contribution >= 4 is 33.4 Å². The molecular weight excluding hydrogens is 330 g/mol. The third-order valence-corrected chi connectivity index (χ3v) is 4.70. The lowest BCUT2D eigenvalue weighted by atomic mass is 9.99. The fourth-order valence-corrected chi connectivity index (χ4v) is 2.85. The van der Waals surface area contributed by atoms with Crippen molar-refractivity contribution in [1.82, 2.24) is 4.90 Å². The lowest BCUT2D eigenvalue weighted by molar-refractivity contribution is 0.0497. The number of rotatable bonds is 3. The van der Waals surface area contributed by atoms with Crippen molar-refractivity contribution in [3.8, 4) is 0 Å². The molecule has 19 heavy (non-hydrogen) atoms. The van der Waals surface area contributed by atoms with Gasteiger partial charge < -0.3 is 9.64 Å². The van der Waals surface area contributed by atoms with E-state index in [2.05, 4.69) is 15.9 Å². The van der Waals surface area contributed by atoms with Crippen molar-refractivity contribution in [3.05, 3.63) is 33.3 Å². The van der Waals surface area contributed by atoms with Crippen LogP contribution in [0.4, 0.5) is 0 Å². The normalized spacial score (nSPS) is 16.4. The van der Waals surface area contributed by atoms with Gasteiger partial charge in [-0.05, 0) is 46.8 Å². The molecule has 1 saturated heterocycles. The first-order valence-electron chi connectivity index (χ1n) is 6.37. The summed E-state index contributed by atoms with van der Waals surface area (Å²) in [6.07, 6.45) is 2.04. The van der Waals surface area contributed by atoms with Crippen molar-refractivity contribution < 1.29 is 9.53 Å². The molecule has 1 fully saturated rings. The van der Waals surface area contributed by atoms with Gasteiger partial charge in [-0.25, -0.2) is 0 Å². The summed E-state index contributed by atoms with van der Waals surface area (Å²) >= 11 is 9.50. The van der Waals surface area contributed by atoms with Crippen LogP contribution in [-0.2, 0) is 4.74 Å². The molecule has 1 aromatic rings. The molecule has 1 aliphatic rings. The summed E-state index contributed by atoms with van der Waals surface area (Å²) in [7, 11) is 1.83. The maximum Gasteiger partial charge on any atom is 0.255 e. The summed E-state index contributed by atoms with van der Waals surface area (Å²) in [6, 6.07) is 5.42. The van der Waals surface area contributed by atoms with Crippen LogP contribution in [0.25, 0.3) is 0 Å². The second-order valence-electron chi connectivity index (χ2n) is 4.84. The SMILES string of the molecule is CN(CC1CCOCC1)C(=O)c1cccc(Br)c1Cl. The van der Waals surface area contributed by atoms with Gasteiger partial charge in [0.25, 0.3) is 5.91 Å². The molecule has 1 aromatic carbocycles. The highest BCUT2D eigenvalue weighted by molar-refractivity contribution is 9.10. The lowest BCUT2D eigenvalue weighted by Crippen LogP contribution is -2.34. The smallest absolute Gasteiger partial charge is 0.255 e. The third kappa shape index (κ3) is 3.71. The fourth-order valence-electron chi connectivity index (χ4n) is 2.27. The summed E-state index contributed by atoms with van der Waals surface area (Å²) < 4.78 is 6.08. The predicted molar refractivity (Wildman–Crippen MR) is 79.7 cm³/mol. The molecule has 0 atom stereocenters. The molecule has 1 amide bonds. The maximum absolute atomic E-state index is 12.4. The molecule has 5 heteroatoms. The van der Waals surface area contributed by atoms with Gasteiger partial charge >= 0.3 is 0 Å². The van der Waals surface area contributed by atoms with Gasteiger partial charge in [0.1, 0.15) is 0 Å². The van der Waals surface area contributed by atoms with Crippen LogP contribution in [0, 0.1) is 5.92 Å². The van der Waals surface area contributed by atoms with Crippen molar-refractivity contribution in [2.45, 2.75) is 12.8 Å². The zero-order chi connectivity index (χ0) is 13.8. The second-order valence-corrected chi connectivity index (χ2v) is 6.08. The number of amides is 1. The van der Waals surface area contributed by atoms with E-state index < -0.39 is 0 Å². The zero-order valence-corrected chi connectivity index (χ0v) is 13.2. The summed E-state index contributed by atoms with van der Waals surface area (Å²) in [6.45, 7) is 2.35. The maximum atomic E-state index is 12.4. The standard InChI is InChI=1S/C14H17BrClNO2/c1-17(9-10-5-7-19-8-6-10)14(18)11-3-2-4-12(15)13(11)16/h2-4,10H,5-9H2,1H3. The van der Waals surface area contributed by atoms with Crippen molar-refractivity contribution in [2.24, 2.45) is 5.92 Å². The minimum Gasteiger partial charge on any atom is -0.381 e. The van der Waals surface area contributed by atoms with E-state index in [1.165, 1.54) is 0 Å². The zero-order valence-electron chi connectivity index (χ0n) is 10.9. The van der Waals surface area contributed by atoms with E-state index in [0.29, 0.717) is 16.5 Å². The topological polar surface area (TPSA) is 29.5 Å². The van der Waals surface area contributed by atoms with Crippen LogP contribution in [0.5, 0.6) is 0 Å². The molecule has 104 valence electrons. The summed E-state index contributed by atoms with van der Waals surface area (Å²) in [5, 5.41) is 0.478. The molecule has 2 rings (SSSR count). The largest absolute Gasteiger partial charge is 0.381 e. The number of carbonyl (C=O) groups excluding carboxylic acids is 1. The first-order valence-corrected chi connectivity index (χ1v) is 7.54. The molecule has 0 aliphatic carbocycles. The Labute approximate surface area is 127 Å². The molecule has 0 bridgehead atoms. The average molecular weight is 347 g/mol. The van der Waals surface area contributed by atoms with E-state index in [9.17, 15) is 4.79 Å². The number of nitrogens with zero attached hydrogens (tertiary/aromatic N) is 1. The van der Waals surface area contributed by atoms with Crippen LogP contribution in [0.3, 0.4) is 0 Å². The highest BCUT2D eigenvalue weighted by atomic mass is 79.9. The van der Waals surface area contributed by atoms with Gasteiger partial charge in [0, 0.05) is 31.3 Å². The number of hydrogen-bond donors (Lipinski definition) is 0. The van der Waals surface area contributed by atoms with Gasteiger partial charge in [0.05, 0.1) is 10.6 Å². The van der Waals surface area contributed by atoms with Gasteiger partial charge in [-0.1, -0.05) is 17.7 Å². The summed E-state index contributed by atoms with van der Waals surface area (Å²) in [5.74, 6) is 0.492. The Hall–Kier alpha value is -0.580. The second kappa shape index (κ2) is 6.73. The number of halogens is 2.